The highest BCUT2D eigenvalue weighted by atomic mass is 127. The molecule has 158 valence electrons. The highest BCUT2D eigenvalue weighted by Gasteiger charge is 2.34. The van der Waals surface area contributed by atoms with Crippen LogP contribution in [0.5, 0.6) is 11.5 Å². The monoisotopic (exact) mass is 524 g/mol. The zero-order valence-corrected chi connectivity index (χ0v) is 19.0. The fraction of sp³-hybridized carbons (Fsp3) is 0.273. The van der Waals surface area contributed by atoms with Gasteiger partial charge in [-0.2, -0.15) is 0 Å². The summed E-state index contributed by atoms with van der Waals surface area (Å²) in [6.07, 6.45) is 2.45. The lowest BCUT2D eigenvalue weighted by molar-refractivity contribution is -0.123. The lowest BCUT2D eigenvalue weighted by Crippen LogP contribution is -2.30. The van der Waals surface area contributed by atoms with Crippen molar-refractivity contribution < 1.29 is 23.5 Å². The number of rotatable bonds is 7. The van der Waals surface area contributed by atoms with E-state index in [0.717, 1.165) is 14.9 Å². The van der Waals surface area contributed by atoms with Gasteiger partial charge in [-0.3, -0.25) is 9.69 Å². The molecule has 0 saturated carbocycles. The summed E-state index contributed by atoms with van der Waals surface area (Å²) < 4.78 is 26.1. The van der Waals surface area contributed by atoms with Crippen molar-refractivity contribution in [3.8, 4) is 11.5 Å². The molecule has 0 radical (unpaired) electrons. The molecule has 0 bridgehead atoms. The smallest absolute Gasteiger partial charge is 0.329 e. The van der Waals surface area contributed by atoms with E-state index in [0.29, 0.717) is 17.1 Å². The van der Waals surface area contributed by atoms with Gasteiger partial charge in [0.15, 0.2) is 11.5 Å². The molecule has 0 aromatic heterocycles. The maximum atomic E-state index is 13.9. The number of hydrogen-bond donors (Lipinski definition) is 1. The molecule has 1 aliphatic heterocycles. The third kappa shape index (κ3) is 4.75. The number of nitrogens with one attached hydrogen (secondary N) is 1. The average Bonchev–Trinajstić information content (AvgIpc) is 2.98. The van der Waals surface area contributed by atoms with Gasteiger partial charge in [-0.25, -0.2) is 9.18 Å². The minimum Gasteiger partial charge on any atom is -0.493 e. The van der Waals surface area contributed by atoms with Gasteiger partial charge in [0.05, 0.1) is 23.3 Å². The van der Waals surface area contributed by atoms with Crippen LogP contribution in [0.15, 0.2) is 42.1 Å². The van der Waals surface area contributed by atoms with Gasteiger partial charge in [0.2, 0.25) is 0 Å². The summed E-state index contributed by atoms with van der Waals surface area (Å²) in [5, 5.41) is 2.56. The minimum absolute atomic E-state index is 0.0271. The number of carbonyl (C=O) groups is 2. The molecule has 3 rings (SSSR count). The molecule has 2 aromatic rings. The van der Waals surface area contributed by atoms with E-state index in [4.69, 9.17) is 9.47 Å². The second kappa shape index (κ2) is 9.46. The van der Waals surface area contributed by atoms with Gasteiger partial charge in [0.1, 0.15) is 11.5 Å². The molecule has 6 nitrogen and oxygen atoms in total. The Bertz CT molecular complexity index is 1010. The summed E-state index contributed by atoms with van der Waals surface area (Å²) in [6, 6.07) is 9.04. The van der Waals surface area contributed by atoms with Crippen LogP contribution in [0.2, 0.25) is 0 Å². The second-order valence-corrected chi connectivity index (χ2v) is 8.00. The van der Waals surface area contributed by atoms with Crippen molar-refractivity contribution in [3.05, 3.63) is 62.6 Å². The summed E-state index contributed by atoms with van der Waals surface area (Å²) in [5.74, 6) is 0.190. The molecule has 0 spiro atoms. The highest BCUT2D eigenvalue weighted by Crippen LogP contribution is 2.35. The van der Waals surface area contributed by atoms with Crippen molar-refractivity contribution in [3.63, 3.8) is 0 Å². The van der Waals surface area contributed by atoms with Gasteiger partial charge in [-0.05, 0) is 65.8 Å². The fourth-order valence-electron chi connectivity index (χ4n) is 2.90. The largest absolute Gasteiger partial charge is 0.493 e. The number of carbonyl (C=O) groups excluding carboxylic acids is 2. The van der Waals surface area contributed by atoms with Crippen molar-refractivity contribution >= 4 is 40.6 Å². The van der Waals surface area contributed by atoms with Crippen molar-refractivity contribution in [2.24, 2.45) is 0 Å². The van der Waals surface area contributed by atoms with E-state index in [1.807, 2.05) is 19.9 Å². The molecule has 8 heteroatoms. The minimum atomic E-state index is -0.590. The quantitative estimate of drug-likeness (QED) is 0.324. The van der Waals surface area contributed by atoms with E-state index in [9.17, 15) is 14.0 Å². The molecule has 1 atom stereocenters. The summed E-state index contributed by atoms with van der Waals surface area (Å²) in [7, 11) is 1.55. The standard InChI is InChI=1S/C22H22FIN2O4/c1-4-13(2)30-20-17(24)9-14(11-19(20)29-3)10-18-21(27)26(22(28)25-18)12-15-7-5-6-8-16(15)23/h5-11,13H,4,12H2,1-3H3,(H,25,28)/b18-10+/t13-/m1/s1. The second-order valence-electron chi connectivity index (χ2n) is 6.84. The van der Waals surface area contributed by atoms with E-state index >= 15 is 0 Å². The van der Waals surface area contributed by atoms with E-state index in [1.54, 1.807) is 37.5 Å². The Hall–Kier alpha value is -2.62. The number of urea groups is 1. The molecule has 0 aliphatic carbocycles. The lowest BCUT2D eigenvalue weighted by atomic mass is 10.1. The van der Waals surface area contributed by atoms with Crippen LogP contribution in [-0.4, -0.2) is 30.1 Å². The van der Waals surface area contributed by atoms with E-state index in [1.165, 1.54) is 6.07 Å². The van der Waals surface area contributed by atoms with Crippen molar-refractivity contribution in [1.82, 2.24) is 10.2 Å². The van der Waals surface area contributed by atoms with E-state index in [2.05, 4.69) is 27.9 Å². The molecule has 1 heterocycles. The predicted octanol–water partition coefficient (Wildman–Crippen LogP) is 4.71. The van der Waals surface area contributed by atoms with Gasteiger partial charge in [0.25, 0.3) is 5.91 Å². The highest BCUT2D eigenvalue weighted by molar-refractivity contribution is 14.1. The third-order valence-corrected chi connectivity index (χ3v) is 5.51. The number of imide groups is 1. The number of methoxy groups -OCH3 is 1. The fourth-order valence-corrected chi connectivity index (χ4v) is 3.65. The summed E-state index contributed by atoms with van der Waals surface area (Å²) in [5.41, 5.74) is 1.05. The molecule has 1 aliphatic rings. The van der Waals surface area contributed by atoms with Crippen LogP contribution in [0.4, 0.5) is 9.18 Å². The topological polar surface area (TPSA) is 67.9 Å². The van der Waals surface area contributed by atoms with Gasteiger partial charge in [-0.15, -0.1) is 0 Å². The van der Waals surface area contributed by atoms with Crippen molar-refractivity contribution in [2.75, 3.05) is 7.11 Å². The van der Waals surface area contributed by atoms with Crippen LogP contribution < -0.4 is 14.8 Å². The molecular formula is C22H22FIN2O4. The number of amides is 3. The zero-order valence-electron chi connectivity index (χ0n) is 16.9. The first-order chi connectivity index (χ1) is 14.3. The molecule has 1 N–H and O–H groups in total. The number of benzene rings is 2. The zero-order chi connectivity index (χ0) is 21.8. The first-order valence-corrected chi connectivity index (χ1v) is 10.5. The maximum Gasteiger partial charge on any atom is 0.329 e. The normalized spacial score (nSPS) is 16.0. The molecule has 0 unspecified atom stereocenters. The Morgan fingerprint density at radius 3 is 2.67 bits per heavy atom. The van der Waals surface area contributed by atoms with Crippen molar-refractivity contribution in [2.45, 2.75) is 32.9 Å². The Balaban J connectivity index is 1.86. The third-order valence-electron chi connectivity index (χ3n) is 4.71. The first kappa shape index (κ1) is 22.1. The molecular weight excluding hydrogens is 502 g/mol. The molecule has 3 amide bonds. The van der Waals surface area contributed by atoms with Crippen LogP contribution in [0.25, 0.3) is 6.08 Å². The van der Waals surface area contributed by atoms with Crippen LogP contribution in [-0.2, 0) is 11.3 Å². The van der Waals surface area contributed by atoms with E-state index in [-0.39, 0.29) is 23.9 Å². The van der Waals surface area contributed by atoms with Crippen LogP contribution in [0, 0.1) is 9.39 Å². The van der Waals surface area contributed by atoms with Gasteiger partial charge >= 0.3 is 6.03 Å². The van der Waals surface area contributed by atoms with Crippen LogP contribution >= 0.6 is 22.6 Å². The van der Waals surface area contributed by atoms with Gasteiger partial charge < -0.3 is 14.8 Å². The lowest BCUT2D eigenvalue weighted by Gasteiger charge is -2.17. The maximum absolute atomic E-state index is 13.9. The number of halogens is 2. The summed E-state index contributed by atoms with van der Waals surface area (Å²) in [6.45, 7) is 3.86. The molecule has 1 saturated heterocycles. The van der Waals surface area contributed by atoms with Crippen molar-refractivity contribution in [1.29, 1.82) is 0 Å². The number of hydrogen-bond acceptors (Lipinski definition) is 4. The van der Waals surface area contributed by atoms with E-state index < -0.39 is 17.8 Å². The SMILES string of the molecule is CC[C@@H](C)Oc1c(I)cc(/C=C2/NC(=O)N(Cc3ccccc3F)C2=O)cc1OC. The van der Waals surface area contributed by atoms with Gasteiger partial charge in [0, 0.05) is 5.56 Å². The van der Waals surface area contributed by atoms with Gasteiger partial charge in [-0.1, -0.05) is 25.1 Å². The van der Waals surface area contributed by atoms with Crippen LogP contribution in [0.1, 0.15) is 31.4 Å². The summed E-state index contributed by atoms with van der Waals surface area (Å²) in [4.78, 5) is 26.0. The average molecular weight is 524 g/mol. The molecule has 2 aromatic carbocycles. The number of nitrogens with zero attached hydrogens (tertiary/aromatic N) is 1. The Kier molecular flexibility index (Phi) is 6.96. The number of ether oxygens (including phenoxy) is 2. The Labute approximate surface area is 188 Å². The molecule has 1 fully saturated rings. The Morgan fingerprint density at radius 2 is 2.00 bits per heavy atom. The molecule has 30 heavy (non-hydrogen) atoms. The van der Waals surface area contributed by atoms with Crippen LogP contribution in [0.3, 0.4) is 0 Å². The summed E-state index contributed by atoms with van der Waals surface area (Å²) >= 11 is 2.14. The first-order valence-electron chi connectivity index (χ1n) is 9.46. The Morgan fingerprint density at radius 1 is 1.27 bits per heavy atom. The predicted molar refractivity (Wildman–Crippen MR) is 120 cm³/mol.